The second-order valence-electron chi connectivity index (χ2n) is 4.74. The Morgan fingerprint density at radius 3 is 2.47 bits per heavy atom. The summed E-state index contributed by atoms with van der Waals surface area (Å²) in [6.07, 6.45) is 0. The molecule has 2 heterocycles. The highest BCUT2D eigenvalue weighted by molar-refractivity contribution is 7.13. The largest absolute Gasteiger partial charge is 0.345 e. The van der Waals surface area contributed by atoms with Gasteiger partial charge in [-0.05, 0) is 6.92 Å². The van der Waals surface area contributed by atoms with E-state index in [-0.39, 0.29) is 11.8 Å². The van der Waals surface area contributed by atoms with E-state index in [9.17, 15) is 4.79 Å². The summed E-state index contributed by atoms with van der Waals surface area (Å²) in [7, 11) is 0. The van der Waals surface area contributed by atoms with Gasteiger partial charge in [-0.1, -0.05) is 13.8 Å². The molecule has 1 aromatic heterocycles. The van der Waals surface area contributed by atoms with E-state index >= 15 is 0 Å². The first-order valence-corrected chi connectivity index (χ1v) is 6.91. The number of aromatic nitrogens is 1. The topological polar surface area (TPSA) is 36.4 Å². The van der Waals surface area contributed by atoms with Crippen LogP contribution in [0.25, 0.3) is 0 Å². The Bertz CT molecular complexity index is 394. The summed E-state index contributed by atoms with van der Waals surface area (Å²) in [6, 6.07) is 0. The Labute approximate surface area is 106 Å². The van der Waals surface area contributed by atoms with Crippen LogP contribution < -0.4 is 4.90 Å². The van der Waals surface area contributed by atoms with Gasteiger partial charge in [0.15, 0.2) is 5.13 Å². The van der Waals surface area contributed by atoms with Crippen LogP contribution in [0, 0.1) is 12.8 Å². The minimum absolute atomic E-state index is 0.101. The van der Waals surface area contributed by atoms with Crippen molar-refractivity contribution in [2.45, 2.75) is 20.8 Å². The number of rotatable bonds is 2. The Hall–Kier alpha value is -1.10. The predicted octanol–water partition coefficient (Wildman–Crippen LogP) is 1.76. The molecule has 4 nitrogen and oxygen atoms in total. The lowest BCUT2D eigenvalue weighted by Crippen LogP contribution is -2.49. The first-order valence-electron chi connectivity index (χ1n) is 6.04. The smallest absolute Gasteiger partial charge is 0.225 e. The quantitative estimate of drug-likeness (QED) is 0.806. The summed E-state index contributed by atoms with van der Waals surface area (Å²) in [5.41, 5.74) is 1.07. The second kappa shape index (κ2) is 5.04. The Balaban J connectivity index is 1.92. The maximum atomic E-state index is 11.8. The highest BCUT2D eigenvalue weighted by Gasteiger charge is 2.23. The predicted molar refractivity (Wildman–Crippen MR) is 70.5 cm³/mol. The average molecular weight is 253 g/mol. The Kier molecular flexibility index (Phi) is 3.66. The first-order chi connectivity index (χ1) is 8.08. The van der Waals surface area contributed by atoms with Gasteiger partial charge in [0.2, 0.25) is 5.91 Å². The molecule has 0 aliphatic carbocycles. The van der Waals surface area contributed by atoms with Crippen LogP contribution in [0.2, 0.25) is 0 Å². The number of aryl methyl sites for hydroxylation is 1. The molecule has 1 aromatic rings. The van der Waals surface area contributed by atoms with Gasteiger partial charge in [-0.2, -0.15) is 0 Å². The molecule has 0 saturated carbocycles. The van der Waals surface area contributed by atoms with Crippen molar-refractivity contribution in [3.63, 3.8) is 0 Å². The van der Waals surface area contributed by atoms with Crippen molar-refractivity contribution < 1.29 is 4.79 Å². The number of carbonyl (C=O) groups is 1. The van der Waals surface area contributed by atoms with Crippen molar-refractivity contribution in [1.29, 1.82) is 0 Å². The van der Waals surface area contributed by atoms with Crippen LogP contribution in [0.1, 0.15) is 19.5 Å². The SMILES string of the molecule is Cc1csc(N2CCN(C(=O)C(C)C)CC2)n1. The number of hydrogen-bond acceptors (Lipinski definition) is 4. The molecule has 1 amide bonds. The molecule has 0 spiro atoms. The molecule has 0 aromatic carbocycles. The van der Waals surface area contributed by atoms with Gasteiger partial charge in [-0.3, -0.25) is 4.79 Å². The van der Waals surface area contributed by atoms with Gasteiger partial charge < -0.3 is 9.80 Å². The maximum Gasteiger partial charge on any atom is 0.225 e. The van der Waals surface area contributed by atoms with Gasteiger partial charge in [-0.25, -0.2) is 4.98 Å². The lowest BCUT2D eigenvalue weighted by Gasteiger charge is -2.35. The van der Waals surface area contributed by atoms with Crippen molar-refractivity contribution in [2.75, 3.05) is 31.1 Å². The summed E-state index contributed by atoms with van der Waals surface area (Å²) < 4.78 is 0. The van der Waals surface area contributed by atoms with Crippen molar-refractivity contribution in [3.05, 3.63) is 11.1 Å². The molecular formula is C12H19N3OS. The van der Waals surface area contributed by atoms with E-state index in [1.54, 1.807) is 11.3 Å². The number of carbonyl (C=O) groups excluding carboxylic acids is 1. The maximum absolute atomic E-state index is 11.8. The van der Waals surface area contributed by atoms with Crippen LogP contribution in [-0.2, 0) is 4.79 Å². The van der Waals surface area contributed by atoms with Crippen LogP contribution in [-0.4, -0.2) is 42.0 Å². The summed E-state index contributed by atoms with van der Waals surface area (Å²) >= 11 is 1.68. The van der Waals surface area contributed by atoms with E-state index in [2.05, 4.69) is 15.3 Å². The minimum Gasteiger partial charge on any atom is -0.345 e. The van der Waals surface area contributed by atoms with Gasteiger partial charge in [0, 0.05) is 37.5 Å². The molecule has 2 rings (SSSR count). The van der Waals surface area contributed by atoms with Crippen molar-refractivity contribution >= 4 is 22.4 Å². The molecule has 1 saturated heterocycles. The average Bonchev–Trinajstić information content (AvgIpc) is 2.75. The summed E-state index contributed by atoms with van der Waals surface area (Å²) in [6.45, 7) is 9.35. The number of amides is 1. The molecule has 0 atom stereocenters. The lowest BCUT2D eigenvalue weighted by atomic mass is 10.2. The van der Waals surface area contributed by atoms with Crippen LogP contribution >= 0.6 is 11.3 Å². The highest BCUT2D eigenvalue weighted by Crippen LogP contribution is 2.21. The molecule has 1 aliphatic heterocycles. The number of hydrogen-bond donors (Lipinski definition) is 0. The fraction of sp³-hybridized carbons (Fsp3) is 0.667. The third-order valence-corrected chi connectivity index (χ3v) is 3.98. The summed E-state index contributed by atoms with van der Waals surface area (Å²) in [4.78, 5) is 20.5. The fourth-order valence-corrected chi connectivity index (χ4v) is 2.83. The molecule has 1 aliphatic rings. The molecule has 0 bridgehead atoms. The summed E-state index contributed by atoms with van der Waals surface area (Å²) in [5.74, 6) is 0.364. The zero-order chi connectivity index (χ0) is 12.4. The monoisotopic (exact) mass is 253 g/mol. The molecule has 17 heavy (non-hydrogen) atoms. The molecule has 0 radical (unpaired) electrons. The standard InChI is InChI=1S/C12H19N3OS/c1-9(2)11(16)14-4-6-15(7-5-14)12-13-10(3)8-17-12/h8-9H,4-7H2,1-3H3. The number of nitrogens with zero attached hydrogens (tertiary/aromatic N) is 3. The van der Waals surface area contributed by atoms with Crippen LogP contribution in [0.15, 0.2) is 5.38 Å². The van der Waals surface area contributed by atoms with Crippen LogP contribution in [0.4, 0.5) is 5.13 Å². The number of piperazine rings is 1. The number of anilines is 1. The van der Waals surface area contributed by atoms with Crippen molar-refractivity contribution in [3.8, 4) is 0 Å². The van der Waals surface area contributed by atoms with E-state index < -0.39 is 0 Å². The van der Waals surface area contributed by atoms with Gasteiger partial charge >= 0.3 is 0 Å². The van der Waals surface area contributed by atoms with Gasteiger partial charge in [0.05, 0.1) is 5.69 Å². The van der Waals surface area contributed by atoms with E-state index in [4.69, 9.17) is 0 Å². The highest BCUT2D eigenvalue weighted by atomic mass is 32.1. The number of thiazole rings is 1. The van der Waals surface area contributed by atoms with E-state index in [1.807, 2.05) is 25.7 Å². The lowest BCUT2D eigenvalue weighted by molar-refractivity contribution is -0.134. The second-order valence-corrected chi connectivity index (χ2v) is 5.58. The first kappa shape index (κ1) is 12.4. The third-order valence-electron chi connectivity index (χ3n) is 2.96. The van der Waals surface area contributed by atoms with Gasteiger partial charge in [-0.15, -0.1) is 11.3 Å². The zero-order valence-electron chi connectivity index (χ0n) is 10.6. The van der Waals surface area contributed by atoms with E-state index in [0.29, 0.717) is 0 Å². The molecule has 0 unspecified atom stereocenters. The van der Waals surface area contributed by atoms with Crippen molar-refractivity contribution in [1.82, 2.24) is 9.88 Å². The fourth-order valence-electron chi connectivity index (χ4n) is 1.97. The molecular weight excluding hydrogens is 234 g/mol. The third kappa shape index (κ3) is 2.77. The Morgan fingerprint density at radius 1 is 1.35 bits per heavy atom. The van der Waals surface area contributed by atoms with Crippen LogP contribution in [0.5, 0.6) is 0 Å². The van der Waals surface area contributed by atoms with E-state index in [0.717, 1.165) is 37.0 Å². The molecule has 1 fully saturated rings. The summed E-state index contributed by atoms with van der Waals surface area (Å²) in [5, 5.41) is 3.15. The zero-order valence-corrected chi connectivity index (χ0v) is 11.5. The molecule has 0 N–H and O–H groups in total. The minimum atomic E-state index is 0.101. The molecule has 94 valence electrons. The van der Waals surface area contributed by atoms with Gasteiger partial charge in [0.1, 0.15) is 0 Å². The van der Waals surface area contributed by atoms with Crippen LogP contribution in [0.3, 0.4) is 0 Å². The van der Waals surface area contributed by atoms with Crippen molar-refractivity contribution in [2.24, 2.45) is 5.92 Å². The van der Waals surface area contributed by atoms with E-state index in [1.165, 1.54) is 0 Å². The Morgan fingerprint density at radius 2 is 2.00 bits per heavy atom. The normalized spacial score (nSPS) is 16.7. The molecule has 5 heteroatoms. The van der Waals surface area contributed by atoms with Gasteiger partial charge in [0.25, 0.3) is 0 Å².